The molecule has 1 aromatic heterocycles. The predicted molar refractivity (Wildman–Crippen MR) is 65.9 cm³/mol. The number of nitrogens with two attached hydrogens (primary N) is 1. The van der Waals surface area contributed by atoms with Gasteiger partial charge in [-0.1, -0.05) is 0 Å². The van der Waals surface area contributed by atoms with Crippen molar-refractivity contribution in [2.45, 2.75) is 26.4 Å². The molecular weight excluding hydrogens is 234 g/mol. The van der Waals surface area contributed by atoms with E-state index < -0.39 is 17.9 Å². The molecule has 0 aliphatic rings. The van der Waals surface area contributed by atoms with Crippen LogP contribution in [0.1, 0.15) is 29.9 Å². The van der Waals surface area contributed by atoms with Gasteiger partial charge in [0.25, 0.3) is 5.91 Å². The molecule has 0 saturated carbocycles. The number of pyridine rings is 1. The SMILES string of the molecule is CC(NC(=O)c1ccnc(CN)c1)C(C)C(=O)O. The molecule has 0 radical (unpaired) electrons. The van der Waals surface area contributed by atoms with Crippen molar-refractivity contribution in [2.75, 3.05) is 0 Å². The number of aromatic nitrogens is 1. The lowest BCUT2D eigenvalue weighted by atomic mass is 10.0. The molecular formula is C12H17N3O3. The molecule has 0 bridgehead atoms. The van der Waals surface area contributed by atoms with E-state index in [-0.39, 0.29) is 12.5 Å². The minimum atomic E-state index is -0.944. The number of aliphatic carboxylic acids is 1. The Balaban J connectivity index is 2.73. The van der Waals surface area contributed by atoms with E-state index >= 15 is 0 Å². The second kappa shape index (κ2) is 6.11. The lowest BCUT2D eigenvalue weighted by Crippen LogP contribution is -2.40. The fourth-order valence-corrected chi connectivity index (χ4v) is 1.36. The number of nitrogens with zero attached hydrogens (tertiary/aromatic N) is 1. The Kier molecular flexibility index (Phi) is 4.79. The van der Waals surface area contributed by atoms with E-state index in [1.807, 2.05) is 0 Å². The molecule has 0 spiro atoms. The summed E-state index contributed by atoms with van der Waals surface area (Å²) in [5.74, 6) is -1.92. The average molecular weight is 251 g/mol. The summed E-state index contributed by atoms with van der Waals surface area (Å²) in [6.45, 7) is 3.45. The highest BCUT2D eigenvalue weighted by Gasteiger charge is 2.21. The zero-order chi connectivity index (χ0) is 13.7. The number of carboxylic acid groups (broad SMARTS) is 1. The summed E-state index contributed by atoms with van der Waals surface area (Å²) >= 11 is 0. The summed E-state index contributed by atoms with van der Waals surface area (Å²) in [6.07, 6.45) is 1.50. The summed E-state index contributed by atoms with van der Waals surface area (Å²) in [7, 11) is 0. The largest absolute Gasteiger partial charge is 0.481 e. The molecule has 0 fully saturated rings. The normalized spacial score (nSPS) is 13.7. The number of carbonyl (C=O) groups excluding carboxylic acids is 1. The molecule has 1 aromatic rings. The molecule has 0 aliphatic carbocycles. The predicted octanol–water partition coefficient (Wildman–Crippen LogP) is 0.379. The minimum absolute atomic E-state index is 0.252. The molecule has 98 valence electrons. The van der Waals surface area contributed by atoms with Crippen LogP contribution < -0.4 is 11.1 Å². The van der Waals surface area contributed by atoms with E-state index in [4.69, 9.17) is 10.8 Å². The van der Waals surface area contributed by atoms with Gasteiger partial charge in [0.05, 0.1) is 11.6 Å². The molecule has 0 aromatic carbocycles. The third-order valence-corrected chi connectivity index (χ3v) is 2.79. The Labute approximate surface area is 105 Å². The second-order valence-electron chi connectivity index (χ2n) is 4.13. The number of carboxylic acids is 1. The fourth-order valence-electron chi connectivity index (χ4n) is 1.36. The number of amides is 1. The highest BCUT2D eigenvalue weighted by molar-refractivity contribution is 5.94. The van der Waals surface area contributed by atoms with Crippen molar-refractivity contribution in [1.29, 1.82) is 0 Å². The van der Waals surface area contributed by atoms with Crippen molar-refractivity contribution in [3.8, 4) is 0 Å². The van der Waals surface area contributed by atoms with Crippen molar-refractivity contribution >= 4 is 11.9 Å². The topological polar surface area (TPSA) is 105 Å². The molecule has 4 N–H and O–H groups in total. The third-order valence-electron chi connectivity index (χ3n) is 2.79. The van der Waals surface area contributed by atoms with Gasteiger partial charge in [0.1, 0.15) is 0 Å². The molecule has 6 nitrogen and oxygen atoms in total. The zero-order valence-electron chi connectivity index (χ0n) is 10.4. The van der Waals surface area contributed by atoms with Crippen LogP contribution in [0.2, 0.25) is 0 Å². The smallest absolute Gasteiger partial charge is 0.308 e. The Hall–Kier alpha value is -1.95. The summed E-state index contributed by atoms with van der Waals surface area (Å²) in [6, 6.07) is 2.70. The minimum Gasteiger partial charge on any atom is -0.481 e. The highest BCUT2D eigenvalue weighted by atomic mass is 16.4. The van der Waals surface area contributed by atoms with Crippen LogP contribution in [0.3, 0.4) is 0 Å². The zero-order valence-corrected chi connectivity index (χ0v) is 10.4. The van der Waals surface area contributed by atoms with E-state index in [0.717, 1.165) is 0 Å². The van der Waals surface area contributed by atoms with Crippen LogP contribution in [0.25, 0.3) is 0 Å². The van der Waals surface area contributed by atoms with Gasteiger partial charge in [-0.2, -0.15) is 0 Å². The van der Waals surface area contributed by atoms with E-state index in [2.05, 4.69) is 10.3 Å². The van der Waals surface area contributed by atoms with Crippen LogP contribution >= 0.6 is 0 Å². The average Bonchev–Trinajstić information content (AvgIpc) is 2.37. The van der Waals surface area contributed by atoms with Crippen LogP contribution in [-0.4, -0.2) is 28.0 Å². The molecule has 2 atom stereocenters. The highest BCUT2D eigenvalue weighted by Crippen LogP contribution is 2.06. The van der Waals surface area contributed by atoms with Gasteiger partial charge in [0.15, 0.2) is 0 Å². The van der Waals surface area contributed by atoms with Gasteiger partial charge < -0.3 is 16.2 Å². The van der Waals surface area contributed by atoms with Crippen LogP contribution in [0.4, 0.5) is 0 Å². The van der Waals surface area contributed by atoms with Gasteiger partial charge in [-0.05, 0) is 26.0 Å². The van der Waals surface area contributed by atoms with Crippen molar-refractivity contribution < 1.29 is 14.7 Å². The summed E-state index contributed by atoms with van der Waals surface area (Å²) in [4.78, 5) is 26.6. The third kappa shape index (κ3) is 3.53. The van der Waals surface area contributed by atoms with E-state index in [0.29, 0.717) is 11.3 Å². The first-order valence-electron chi connectivity index (χ1n) is 5.64. The lowest BCUT2D eigenvalue weighted by Gasteiger charge is -2.17. The standard InChI is InChI=1S/C12H17N3O3/c1-7(12(17)18)8(2)15-11(16)9-3-4-14-10(5-9)6-13/h3-5,7-8H,6,13H2,1-2H3,(H,15,16)(H,17,18). The van der Waals surface area contributed by atoms with Gasteiger partial charge in [-0.3, -0.25) is 14.6 Å². The second-order valence-corrected chi connectivity index (χ2v) is 4.13. The van der Waals surface area contributed by atoms with Gasteiger partial charge in [-0.25, -0.2) is 0 Å². The van der Waals surface area contributed by atoms with Crippen molar-refractivity contribution in [1.82, 2.24) is 10.3 Å². The monoisotopic (exact) mass is 251 g/mol. The Morgan fingerprint density at radius 3 is 2.72 bits per heavy atom. The molecule has 2 unspecified atom stereocenters. The van der Waals surface area contributed by atoms with Crippen LogP contribution in [-0.2, 0) is 11.3 Å². The molecule has 0 saturated heterocycles. The molecule has 1 rings (SSSR count). The Morgan fingerprint density at radius 2 is 2.17 bits per heavy atom. The first-order chi connectivity index (χ1) is 8.45. The molecule has 1 heterocycles. The van der Waals surface area contributed by atoms with Crippen LogP contribution in [0.15, 0.2) is 18.3 Å². The Bertz CT molecular complexity index is 448. The van der Waals surface area contributed by atoms with Crippen molar-refractivity contribution in [2.24, 2.45) is 11.7 Å². The van der Waals surface area contributed by atoms with Crippen LogP contribution in [0.5, 0.6) is 0 Å². The number of nitrogens with one attached hydrogen (secondary N) is 1. The summed E-state index contributed by atoms with van der Waals surface area (Å²) < 4.78 is 0. The van der Waals surface area contributed by atoms with E-state index in [1.54, 1.807) is 26.0 Å². The maximum absolute atomic E-state index is 11.9. The fraction of sp³-hybridized carbons (Fsp3) is 0.417. The molecule has 6 heteroatoms. The number of carbonyl (C=O) groups is 2. The molecule has 18 heavy (non-hydrogen) atoms. The first kappa shape index (κ1) is 14.1. The maximum atomic E-state index is 11.9. The molecule has 0 aliphatic heterocycles. The number of hydrogen-bond acceptors (Lipinski definition) is 4. The van der Waals surface area contributed by atoms with E-state index in [1.165, 1.54) is 6.20 Å². The van der Waals surface area contributed by atoms with Gasteiger partial charge in [-0.15, -0.1) is 0 Å². The van der Waals surface area contributed by atoms with Crippen LogP contribution in [0, 0.1) is 5.92 Å². The van der Waals surface area contributed by atoms with Crippen molar-refractivity contribution in [3.63, 3.8) is 0 Å². The van der Waals surface area contributed by atoms with Crippen molar-refractivity contribution in [3.05, 3.63) is 29.6 Å². The summed E-state index contributed by atoms with van der Waals surface area (Å²) in [5.41, 5.74) is 6.47. The molecule has 1 amide bonds. The van der Waals surface area contributed by atoms with Gasteiger partial charge >= 0.3 is 5.97 Å². The maximum Gasteiger partial charge on any atom is 0.308 e. The lowest BCUT2D eigenvalue weighted by molar-refractivity contribution is -0.141. The van der Waals surface area contributed by atoms with Gasteiger partial charge in [0.2, 0.25) is 0 Å². The summed E-state index contributed by atoms with van der Waals surface area (Å²) in [5, 5.41) is 11.5. The van der Waals surface area contributed by atoms with E-state index in [9.17, 15) is 9.59 Å². The first-order valence-corrected chi connectivity index (χ1v) is 5.64. The number of hydrogen-bond donors (Lipinski definition) is 3. The number of rotatable bonds is 5. The quantitative estimate of drug-likeness (QED) is 0.701. The Morgan fingerprint density at radius 1 is 1.50 bits per heavy atom. The van der Waals surface area contributed by atoms with Gasteiger partial charge in [0, 0.05) is 24.3 Å².